The second-order valence-electron chi connectivity index (χ2n) is 9.98. The zero-order chi connectivity index (χ0) is 26.6. The van der Waals surface area contributed by atoms with E-state index >= 15 is 0 Å². The highest BCUT2D eigenvalue weighted by atomic mass is 19.1. The molecule has 2 heterocycles. The molecular weight excluding hydrogens is 477 g/mol. The molecule has 0 saturated heterocycles. The van der Waals surface area contributed by atoms with Crippen LogP contribution in [0.4, 0.5) is 4.39 Å². The van der Waals surface area contributed by atoms with E-state index in [1.54, 1.807) is 6.07 Å². The SMILES string of the molecule is Cc1cc(CN)cc(C)c1CNC(=O)c1ccc2c(c1)C1OC2c2ccc(-c3ccc(F)cc3C#N)cc21. The van der Waals surface area contributed by atoms with Crippen molar-refractivity contribution in [1.82, 2.24) is 5.32 Å². The molecule has 5 nitrogen and oxygen atoms in total. The maximum Gasteiger partial charge on any atom is 0.251 e. The topological polar surface area (TPSA) is 88.1 Å². The van der Waals surface area contributed by atoms with E-state index in [9.17, 15) is 14.4 Å². The smallest absolute Gasteiger partial charge is 0.251 e. The summed E-state index contributed by atoms with van der Waals surface area (Å²) >= 11 is 0. The van der Waals surface area contributed by atoms with Crippen molar-refractivity contribution in [1.29, 1.82) is 5.26 Å². The van der Waals surface area contributed by atoms with Crippen molar-refractivity contribution < 1.29 is 13.9 Å². The molecule has 3 N–H and O–H groups in total. The Hall–Kier alpha value is -4.31. The summed E-state index contributed by atoms with van der Waals surface area (Å²) in [4.78, 5) is 13.1. The fourth-order valence-corrected chi connectivity index (χ4v) is 5.77. The minimum absolute atomic E-state index is 0.142. The van der Waals surface area contributed by atoms with E-state index in [2.05, 4.69) is 23.5 Å². The van der Waals surface area contributed by atoms with Crippen LogP contribution >= 0.6 is 0 Å². The van der Waals surface area contributed by atoms with Gasteiger partial charge in [-0.15, -0.1) is 0 Å². The van der Waals surface area contributed by atoms with Crippen molar-refractivity contribution >= 4 is 5.91 Å². The molecule has 2 unspecified atom stereocenters. The molecule has 6 heteroatoms. The second-order valence-corrected chi connectivity index (χ2v) is 9.98. The third-order valence-electron chi connectivity index (χ3n) is 7.67. The van der Waals surface area contributed by atoms with Crippen molar-refractivity contribution in [3.8, 4) is 17.2 Å². The lowest BCUT2D eigenvalue weighted by Gasteiger charge is -2.18. The van der Waals surface area contributed by atoms with Crippen molar-refractivity contribution in [2.45, 2.75) is 39.1 Å². The largest absolute Gasteiger partial charge is 0.356 e. The van der Waals surface area contributed by atoms with Gasteiger partial charge in [0.05, 0.1) is 11.6 Å². The van der Waals surface area contributed by atoms with Crippen LogP contribution in [0.5, 0.6) is 0 Å². The fraction of sp³-hybridized carbons (Fsp3) is 0.188. The molecule has 2 bridgehead atoms. The van der Waals surface area contributed by atoms with Crippen molar-refractivity contribution in [3.63, 3.8) is 0 Å². The molecule has 188 valence electrons. The lowest BCUT2D eigenvalue weighted by Crippen LogP contribution is -2.24. The molecule has 4 aromatic carbocycles. The Bertz CT molecular complexity index is 1650. The molecule has 0 aromatic heterocycles. The van der Waals surface area contributed by atoms with Gasteiger partial charge in [-0.05, 0) is 99.8 Å². The van der Waals surface area contributed by atoms with Crippen LogP contribution in [-0.4, -0.2) is 5.91 Å². The van der Waals surface area contributed by atoms with Crippen molar-refractivity contribution in [2.24, 2.45) is 5.73 Å². The van der Waals surface area contributed by atoms with Gasteiger partial charge in [-0.2, -0.15) is 5.26 Å². The van der Waals surface area contributed by atoms with Gasteiger partial charge in [0.1, 0.15) is 18.0 Å². The molecule has 0 aliphatic carbocycles. The number of carbonyl (C=O) groups excluding carboxylic acids is 1. The van der Waals surface area contributed by atoms with Crippen molar-refractivity contribution in [3.05, 3.63) is 128 Å². The number of hydrogen-bond acceptors (Lipinski definition) is 4. The quantitative estimate of drug-likeness (QED) is 0.355. The number of hydrogen-bond donors (Lipinski definition) is 2. The van der Waals surface area contributed by atoms with E-state index < -0.39 is 5.82 Å². The highest BCUT2D eigenvalue weighted by Crippen LogP contribution is 2.54. The summed E-state index contributed by atoms with van der Waals surface area (Å²) in [5.74, 6) is -0.581. The molecule has 0 radical (unpaired) electrons. The summed E-state index contributed by atoms with van der Waals surface area (Å²) in [6, 6.07) is 22.2. The number of fused-ring (bicyclic) bond motifs is 8. The first-order valence-electron chi connectivity index (χ1n) is 12.6. The van der Waals surface area contributed by atoms with Gasteiger partial charge in [0.2, 0.25) is 0 Å². The third-order valence-corrected chi connectivity index (χ3v) is 7.67. The number of nitriles is 1. The average molecular weight is 504 g/mol. The van der Waals surface area contributed by atoms with Crippen LogP contribution in [0.2, 0.25) is 0 Å². The summed E-state index contributed by atoms with van der Waals surface area (Å²) in [5, 5.41) is 12.6. The second kappa shape index (κ2) is 9.21. The highest BCUT2D eigenvalue weighted by Gasteiger charge is 2.43. The van der Waals surface area contributed by atoms with Crippen molar-refractivity contribution in [2.75, 3.05) is 0 Å². The number of nitrogens with zero attached hydrogens (tertiary/aromatic N) is 1. The van der Waals surface area contributed by atoms with Gasteiger partial charge in [0.15, 0.2) is 0 Å². The number of carbonyl (C=O) groups is 1. The first-order valence-corrected chi connectivity index (χ1v) is 12.6. The first-order chi connectivity index (χ1) is 18.4. The molecule has 1 amide bonds. The minimum atomic E-state index is -0.438. The fourth-order valence-electron chi connectivity index (χ4n) is 5.77. The Morgan fingerprint density at radius 2 is 1.63 bits per heavy atom. The Morgan fingerprint density at radius 3 is 2.34 bits per heavy atom. The van der Waals surface area contributed by atoms with Crippen LogP contribution in [0.3, 0.4) is 0 Å². The van der Waals surface area contributed by atoms with E-state index in [1.807, 2.05) is 50.2 Å². The molecule has 4 aromatic rings. The number of rotatable bonds is 5. The van der Waals surface area contributed by atoms with Crippen LogP contribution in [-0.2, 0) is 17.8 Å². The van der Waals surface area contributed by atoms with Crippen LogP contribution in [0.15, 0.2) is 66.7 Å². The van der Waals surface area contributed by atoms with Crippen LogP contribution < -0.4 is 11.1 Å². The Labute approximate surface area is 220 Å². The number of benzene rings is 4. The van der Waals surface area contributed by atoms with E-state index in [-0.39, 0.29) is 23.7 Å². The molecule has 0 spiro atoms. The summed E-state index contributed by atoms with van der Waals surface area (Å²) in [6.45, 7) is 5.00. The molecular formula is C32H26FN3O2. The summed E-state index contributed by atoms with van der Waals surface area (Å²) in [6.07, 6.45) is -0.483. The van der Waals surface area contributed by atoms with Gasteiger partial charge >= 0.3 is 0 Å². The molecule has 2 aliphatic heterocycles. The third kappa shape index (κ3) is 3.88. The standard InChI is InChI=1S/C32H26FN3O2/c1-17-9-19(14-34)10-18(2)29(17)16-36-32(37)21-4-7-26-28(13-21)31-27-12-20(3-6-25(27)30(26)38-31)24-8-5-23(33)11-22(24)15-35/h3-13,30-31H,14,16,34H2,1-2H3,(H,36,37). The van der Waals surface area contributed by atoms with Gasteiger partial charge in [0.25, 0.3) is 5.91 Å². The van der Waals surface area contributed by atoms with E-state index in [0.717, 1.165) is 50.1 Å². The van der Waals surface area contributed by atoms with Gasteiger partial charge in [0, 0.05) is 18.7 Å². The van der Waals surface area contributed by atoms with Crippen LogP contribution in [0.1, 0.15) is 72.6 Å². The number of ether oxygens (including phenoxy) is 1. The predicted octanol–water partition coefficient (Wildman–Crippen LogP) is 5.89. The Kier molecular flexibility index (Phi) is 5.83. The van der Waals surface area contributed by atoms with Gasteiger partial charge in [-0.25, -0.2) is 4.39 Å². The molecule has 2 aliphatic rings. The summed E-state index contributed by atoms with van der Waals surface area (Å²) < 4.78 is 20.0. The number of nitrogens with two attached hydrogens (primary N) is 1. The number of amides is 1. The van der Waals surface area contributed by atoms with Gasteiger partial charge < -0.3 is 15.8 Å². The zero-order valence-electron chi connectivity index (χ0n) is 21.1. The Morgan fingerprint density at radius 1 is 0.947 bits per heavy atom. The summed E-state index contributed by atoms with van der Waals surface area (Å²) in [7, 11) is 0. The van der Waals surface area contributed by atoms with E-state index in [0.29, 0.717) is 24.2 Å². The number of halogens is 1. The molecule has 38 heavy (non-hydrogen) atoms. The van der Waals surface area contributed by atoms with Crippen LogP contribution in [0, 0.1) is 31.0 Å². The maximum atomic E-state index is 13.7. The normalized spacial score (nSPS) is 16.6. The van der Waals surface area contributed by atoms with E-state index in [1.165, 1.54) is 12.1 Å². The maximum absolute atomic E-state index is 13.7. The number of aryl methyl sites for hydroxylation is 2. The molecule has 6 rings (SSSR count). The van der Waals surface area contributed by atoms with Crippen LogP contribution in [0.25, 0.3) is 11.1 Å². The molecule has 0 saturated carbocycles. The first kappa shape index (κ1) is 24.1. The predicted molar refractivity (Wildman–Crippen MR) is 143 cm³/mol. The number of nitrogens with one attached hydrogen (secondary N) is 1. The monoisotopic (exact) mass is 503 g/mol. The molecule has 0 fully saturated rings. The average Bonchev–Trinajstić information content (AvgIpc) is 3.49. The Balaban J connectivity index is 1.26. The van der Waals surface area contributed by atoms with Gasteiger partial charge in [-0.3, -0.25) is 4.79 Å². The van der Waals surface area contributed by atoms with Gasteiger partial charge in [-0.1, -0.05) is 36.4 Å². The summed E-state index contributed by atoms with van der Waals surface area (Å²) in [5.41, 5.74) is 16.7. The lowest BCUT2D eigenvalue weighted by molar-refractivity contribution is 0.0857. The zero-order valence-corrected chi connectivity index (χ0v) is 21.1. The highest BCUT2D eigenvalue weighted by molar-refractivity contribution is 5.94. The minimum Gasteiger partial charge on any atom is -0.356 e. The van der Waals surface area contributed by atoms with E-state index in [4.69, 9.17) is 10.5 Å². The molecule has 2 atom stereocenters. The lowest BCUT2D eigenvalue weighted by atomic mass is 9.83.